The highest BCUT2D eigenvalue weighted by Crippen LogP contribution is 2.15. The van der Waals surface area contributed by atoms with E-state index in [0.29, 0.717) is 11.6 Å². The second-order valence-corrected chi connectivity index (χ2v) is 4.19. The predicted molar refractivity (Wildman–Crippen MR) is 69.4 cm³/mol. The van der Waals surface area contributed by atoms with Gasteiger partial charge in [0.15, 0.2) is 0 Å². The summed E-state index contributed by atoms with van der Waals surface area (Å²) in [5, 5.41) is 0.680. The molecule has 0 saturated carbocycles. The summed E-state index contributed by atoms with van der Waals surface area (Å²) >= 11 is 5.87. The molecule has 0 radical (unpaired) electrons. The smallest absolute Gasteiger partial charge is 0.130 e. The Balaban J connectivity index is 1.97. The van der Waals surface area contributed by atoms with Crippen molar-refractivity contribution in [2.24, 2.45) is 0 Å². The Morgan fingerprint density at radius 2 is 1.94 bits per heavy atom. The number of ether oxygens (including phenoxy) is 1. The Labute approximate surface area is 106 Å². The molecule has 0 unspecified atom stereocenters. The molecule has 0 spiro atoms. The fourth-order valence-corrected chi connectivity index (χ4v) is 1.69. The lowest BCUT2D eigenvalue weighted by Gasteiger charge is -2.06. The topological polar surface area (TPSA) is 22.1 Å². The van der Waals surface area contributed by atoms with Crippen molar-refractivity contribution in [2.45, 2.75) is 20.0 Å². The highest BCUT2D eigenvalue weighted by atomic mass is 35.5. The molecule has 0 aliphatic heterocycles. The van der Waals surface area contributed by atoms with Gasteiger partial charge >= 0.3 is 0 Å². The highest BCUT2D eigenvalue weighted by molar-refractivity contribution is 6.30. The Hall–Kier alpha value is -1.54. The Morgan fingerprint density at radius 1 is 1.18 bits per heavy atom. The van der Waals surface area contributed by atoms with Gasteiger partial charge in [0.1, 0.15) is 12.4 Å². The van der Waals surface area contributed by atoms with E-state index in [2.05, 4.69) is 24.0 Å². The van der Waals surface area contributed by atoms with Gasteiger partial charge in [0.05, 0.1) is 5.69 Å². The normalized spacial score (nSPS) is 10.2. The minimum absolute atomic E-state index is 0.437. The zero-order valence-corrected chi connectivity index (χ0v) is 10.4. The minimum atomic E-state index is 0.437. The second-order valence-electron chi connectivity index (χ2n) is 3.75. The van der Waals surface area contributed by atoms with E-state index >= 15 is 0 Å². The van der Waals surface area contributed by atoms with Crippen LogP contribution < -0.4 is 4.74 Å². The Kier molecular flexibility index (Phi) is 3.99. The van der Waals surface area contributed by atoms with Crippen LogP contribution in [0.15, 0.2) is 42.6 Å². The molecule has 0 fully saturated rings. The average molecular weight is 248 g/mol. The van der Waals surface area contributed by atoms with Gasteiger partial charge in [-0.2, -0.15) is 0 Å². The Bertz CT molecular complexity index is 482. The number of aryl methyl sites for hydroxylation is 1. The van der Waals surface area contributed by atoms with Crippen molar-refractivity contribution in [3.63, 3.8) is 0 Å². The minimum Gasteiger partial charge on any atom is -0.487 e. The van der Waals surface area contributed by atoms with E-state index in [4.69, 9.17) is 16.3 Å². The van der Waals surface area contributed by atoms with E-state index in [0.717, 1.165) is 17.9 Å². The van der Waals surface area contributed by atoms with Crippen LogP contribution in [0, 0.1) is 0 Å². The van der Waals surface area contributed by atoms with Crippen LogP contribution in [0.2, 0.25) is 5.02 Å². The van der Waals surface area contributed by atoms with Crippen molar-refractivity contribution >= 4 is 11.6 Å². The van der Waals surface area contributed by atoms with Crippen LogP contribution in [0.4, 0.5) is 0 Å². The summed E-state index contributed by atoms with van der Waals surface area (Å²) in [7, 11) is 0. The molecule has 88 valence electrons. The molecule has 1 heterocycles. The van der Waals surface area contributed by atoms with Gasteiger partial charge in [-0.1, -0.05) is 30.7 Å². The van der Waals surface area contributed by atoms with Gasteiger partial charge in [-0.05, 0) is 36.2 Å². The number of hydrogen-bond acceptors (Lipinski definition) is 2. The number of aromatic nitrogens is 1. The first-order valence-electron chi connectivity index (χ1n) is 5.60. The van der Waals surface area contributed by atoms with Crippen molar-refractivity contribution < 1.29 is 4.74 Å². The number of rotatable bonds is 4. The lowest BCUT2D eigenvalue weighted by molar-refractivity contribution is 0.301. The largest absolute Gasteiger partial charge is 0.487 e. The second kappa shape index (κ2) is 5.69. The van der Waals surface area contributed by atoms with Crippen LogP contribution in [-0.4, -0.2) is 4.98 Å². The van der Waals surface area contributed by atoms with Crippen LogP contribution in [-0.2, 0) is 13.0 Å². The molecule has 0 N–H and O–H groups in total. The number of pyridine rings is 1. The zero-order chi connectivity index (χ0) is 12.1. The third kappa shape index (κ3) is 3.46. The van der Waals surface area contributed by atoms with E-state index < -0.39 is 0 Å². The first-order chi connectivity index (χ1) is 8.28. The van der Waals surface area contributed by atoms with Crippen LogP contribution in [0.25, 0.3) is 0 Å². The lowest BCUT2D eigenvalue weighted by atomic mass is 10.2. The SMILES string of the molecule is CCc1ccc(OCc2cc(Cl)ccn2)cc1. The van der Waals surface area contributed by atoms with E-state index in [1.165, 1.54) is 5.56 Å². The summed E-state index contributed by atoms with van der Waals surface area (Å²) < 4.78 is 5.63. The van der Waals surface area contributed by atoms with Gasteiger partial charge in [0, 0.05) is 11.2 Å². The lowest BCUT2D eigenvalue weighted by Crippen LogP contribution is -1.97. The fraction of sp³-hybridized carbons (Fsp3) is 0.214. The van der Waals surface area contributed by atoms with Crippen molar-refractivity contribution in [3.05, 3.63) is 58.9 Å². The molecule has 2 nitrogen and oxygen atoms in total. The van der Waals surface area contributed by atoms with Crippen molar-refractivity contribution in [2.75, 3.05) is 0 Å². The molecule has 0 aliphatic carbocycles. The van der Waals surface area contributed by atoms with Crippen LogP contribution in [0.1, 0.15) is 18.2 Å². The molecule has 1 aromatic carbocycles. The summed E-state index contributed by atoms with van der Waals surface area (Å²) in [5.74, 6) is 0.851. The summed E-state index contributed by atoms with van der Waals surface area (Å²) in [4.78, 5) is 4.18. The molecule has 0 bridgehead atoms. The predicted octanol–water partition coefficient (Wildman–Crippen LogP) is 3.88. The van der Waals surface area contributed by atoms with Gasteiger partial charge < -0.3 is 4.74 Å². The van der Waals surface area contributed by atoms with Crippen LogP contribution >= 0.6 is 11.6 Å². The molecule has 0 atom stereocenters. The summed E-state index contributed by atoms with van der Waals surface area (Å²) in [6.45, 7) is 2.57. The highest BCUT2D eigenvalue weighted by Gasteiger charge is 1.98. The molecule has 0 aliphatic rings. The van der Waals surface area contributed by atoms with E-state index in [9.17, 15) is 0 Å². The zero-order valence-electron chi connectivity index (χ0n) is 9.69. The Morgan fingerprint density at radius 3 is 2.59 bits per heavy atom. The van der Waals surface area contributed by atoms with Crippen molar-refractivity contribution in [1.82, 2.24) is 4.98 Å². The maximum atomic E-state index is 5.87. The molecular weight excluding hydrogens is 234 g/mol. The molecule has 0 saturated heterocycles. The maximum Gasteiger partial charge on any atom is 0.130 e. The van der Waals surface area contributed by atoms with E-state index in [1.54, 1.807) is 12.3 Å². The summed E-state index contributed by atoms with van der Waals surface area (Å²) in [6, 6.07) is 11.7. The average Bonchev–Trinajstić information content (AvgIpc) is 2.37. The molecule has 0 amide bonds. The quantitative estimate of drug-likeness (QED) is 0.818. The van der Waals surface area contributed by atoms with Gasteiger partial charge in [0.2, 0.25) is 0 Å². The van der Waals surface area contributed by atoms with E-state index in [1.807, 2.05) is 18.2 Å². The van der Waals surface area contributed by atoms with Gasteiger partial charge in [-0.25, -0.2) is 0 Å². The summed E-state index contributed by atoms with van der Waals surface area (Å²) in [5.41, 5.74) is 2.13. The maximum absolute atomic E-state index is 5.87. The standard InChI is InChI=1S/C14H14ClNO/c1-2-11-3-5-14(6-4-11)17-10-13-9-12(15)7-8-16-13/h3-9H,2,10H2,1H3. The van der Waals surface area contributed by atoms with E-state index in [-0.39, 0.29) is 0 Å². The van der Waals surface area contributed by atoms with Gasteiger partial charge in [0.25, 0.3) is 0 Å². The van der Waals surface area contributed by atoms with Crippen molar-refractivity contribution in [3.8, 4) is 5.75 Å². The first kappa shape index (κ1) is 11.9. The van der Waals surface area contributed by atoms with Gasteiger partial charge in [-0.15, -0.1) is 0 Å². The molecule has 2 rings (SSSR count). The van der Waals surface area contributed by atoms with Crippen molar-refractivity contribution in [1.29, 1.82) is 0 Å². The molecular formula is C14H14ClNO. The van der Waals surface area contributed by atoms with Gasteiger partial charge in [-0.3, -0.25) is 4.98 Å². The number of nitrogens with zero attached hydrogens (tertiary/aromatic N) is 1. The third-order valence-electron chi connectivity index (χ3n) is 2.50. The molecule has 1 aromatic heterocycles. The molecule has 17 heavy (non-hydrogen) atoms. The third-order valence-corrected chi connectivity index (χ3v) is 2.73. The van der Waals surface area contributed by atoms with Crippen LogP contribution in [0.3, 0.4) is 0 Å². The molecule has 3 heteroatoms. The summed E-state index contributed by atoms with van der Waals surface area (Å²) in [6.07, 6.45) is 2.72. The number of halogens is 1. The van der Waals surface area contributed by atoms with Crippen LogP contribution in [0.5, 0.6) is 5.75 Å². The fourth-order valence-electron chi connectivity index (χ4n) is 1.51. The first-order valence-corrected chi connectivity index (χ1v) is 5.98. The monoisotopic (exact) mass is 247 g/mol. The number of benzene rings is 1. The molecule has 2 aromatic rings. The number of hydrogen-bond donors (Lipinski definition) is 0.